The van der Waals surface area contributed by atoms with E-state index in [1.54, 1.807) is 0 Å². The monoisotopic (exact) mass is 582 g/mol. The number of hydrazone groups is 1. The second kappa shape index (κ2) is 10.4. The molecule has 44 heavy (non-hydrogen) atoms. The lowest BCUT2D eigenvalue weighted by Gasteiger charge is -2.56. The van der Waals surface area contributed by atoms with Crippen LogP contribution in [0.5, 0.6) is 0 Å². The van der Waals surface area contributed by atoms with E-state index in [0.29, 0.717) is 0 Å². The van der Waals surface area contributed by atoms with Crippen LogP contribution in [-0.2, 0) is 6.42 Å². The Bertz CT molecular complexity index is 1700. The van der Waals surface area contributed by atoms with Crippen molar-refractivity contribution in [2.24, 2.45) is 10.5 Å². The van der Waals surface area contributed by atoms with E-state index in [1.807, 2.05) is 6.20 Å². The highest BCUT2D eigenvalue weighted by atomic mass is 15.6. The molecule has 3 aromatic carbocycles. The third kappa shape index (κ3) is 3.66. The summed E-state index contributed by atoms with van der Waals surface area (Å²) in [7, 11) is 2.17. The first-order chi connectivity index (χ1) is 21.6. The van der Waals surface area contributed by atoms with E-state index in [2.05, 4.69) is 139 Å². The average molecular weight is 583 g/mol. The van der Waals surface area contributed by atoms with Crippen molar-refractivity contribution in [2.45, 2.75) is 77.0 Å². The van der Waals surface area contributed by atoms with Gasteiger partial charge in [0.15, 0.2) is 5.82 Å². The normalized spacial score (nSPS) is 23.8. The molecule has 0 bridgehead atoms. The third-order valence-corrected chi connectivity index (χ3v) is 11.0. The molecular weight excluding hydrogens is 540 g/mol. The summed E-state index contributed by atoms with van der Waals surface area (Å²) in [6, 6.07) is 31.7. The van der Waals surface area contributed by atoms with Gasteiger partial charge in [0.1, 0.15) is 18.7 Å². The van der Waals surface area contributed by atoms with Crippen molar-refractivity contribution < 1.29 is 0 Å². The molecule has 4 unspecified atom stereocenters. The van der Waals surface area contributed by atoms with Crippen LogP contribution in [0.25, 0.3) is 0 Å². The largest absolute Gasteiger partial charge is 0.316 e. The Labute approximate surface area is 261 Å². The Balaban J connectivity index is 1.39. The molecule has 0 spiro atoms. The van der Waals surface area contributed by atoms with Gasteiger partial charge in [0.2, 0.25) is 0 Å². The molecule has 4 aliphatic rings. The molecule has 8 rings (SSSR count). The van der Waals surface area contributed by atoms with Gasteiger partial charge in [0.25, 0.3) is 0 Å². The van der Waals surface area contributed by atoms with Crippen LogP contribution in [-0.4, -0.2) is 35.7 Å². The minimum absolute atomic E-state index is 0.0401. The van der Waals surface area contributed by atoms with Crippen LogP contribution in [0, 0.1) is 5.41 Å². The minimum atomic E-state index is -0.0401. The number of para-hydroxylation sites is 2. The molecule has 4 atom stereocenters. The van der Waals surface area contributed by atoms with Gasteiger partial charge in [0.05, 0.1) is 5.69 Å². The third-order valence-electron chi connectivity index (χ3n) is 11.0. The highest BCUT2D eigenvalue weighted by molar-refractivity contribution is 5.91. The smallest absolute Gasteiger partial charge is 0.158 e. The molecule has 6 nitrogen and oxygen atoms in total. The van der Waals surface area contributed by atoms with Gasteiger partial charge < -0.3 is 14.7 Å². The fraction of sp³-hybridized carbons (Fsp3) is 0.368. The molecule has 4 aromatic rings. The molecule has 0 saturated heterocycles. The number of hydrogen-bond donors (Lipinski definition) is 0. The van der Waals surface area contributed by atoms with Gasteiger partial charge in [-0.2, -0.15) is 5.10 Å². The maximum atomic E-state index is 5.03. The van der Waals surface area contributed by atoms with E-state index in [-0.39, 0.29) is 29.6 Å². The summed E-state index contributed by atoms with van der Waals surface area (Å²) in [5.41, 5.74) is 9.24. The molecule has 224 valence electrons. The maximum Gasteiger partial charge on any atom is 0.158 e. The van der Waals surface area contributed by atoms with Gasteiger partial charge in [0, 0.05) is 47.6 Å². The molecule has 0 radical (unpaired) electrons. The Morgan fingerprint density at radius 1 is 0.773 bits per heavy atom. The van der Waals surface area contributed by atoms with Crippen molar-refractivity contribution in [3.05, 3.63) is 108 Å². The van der Waals surface area contributed by atoms with Crippen LogP contribution in [0.4, 0.5) is 28.6 Å². The Morgan fingerprint density at radius 2 is 1.55 bits per heavy atom. The second-order valence-electron chi connectivity index (χ2n) is 12.9. The van der Waals surface area contributed by atoms with Gasteiger partial charge >= 0.3 is 0 Å². The molecule has 0 fully saturated rings. The number of unbranched alkanes of at least 4 members (excludes halogenated alkanes) is 1. The predicted molar refractivity (Wildman–Crippen MR) is 181 cm³/mol. The first-order valence-corrected chi connectivity index (χ1v) is 16.5. The molecule has 5 heterocycles. The lowest BCUT2D eigenvalue weighted by atomic mass is 9.57. The SMILES string of the molecule is CCCCc1ccc2c(c1)N1C=NN(C)C1C(CC)(CC)C2C1c2ccccc2N2c3ncccc3N(c3ccccc3)C12. The highest BCUT2D eigenvalue weighted by Crippen LogP contribution is 2.66. The van der Waals surface area contributed by atoms with E-state index >= 15 is 0 Å². The number of benzene rings is 3. The standard InChI is InChI=1S/C38H42N6/c1-5-8-15-26-21-22-29-32(24-26)42-25-40-41(4)37(42)38(6-2,7-3)34(29)33-28-18-12-13-19-30(28)44-35-31(20-14-23-39-35)43(36(33)44)27-16-10-9-11-17-27/h9-14,16-25,33-34,36-37H,5-8,15H2,1-4H3. The predicted octanol–water partition coefficient (Wildman–Crippen LogP) is 8.76. The van der Waals surface area contributed by atoms with Gasteiger partial charge in [-0.1, -0.05) is 75.7 Å². The molecular formula is C38H42N6. The first-order valence-electron chi connectivity index (χ1n) is 16.5. The lowest BCUT2D eigenvalue weighted by molar-refractivity contribution is 0.0438. The Kier molecular flexibility index (Phi) is 6.44. The van der Waals surface area contributed by atoms with Crippen molar-refractivity contribution in [3.63, 3.8) is 0 Å². The fourth-order valence-corrected chi connectivity index (χ4v) is 9.08. The maximum absolute atomic E-state index is 5.03. The number of aromatic nitrogens is 1. The molecule has 1 aromatic heterocycles. The number of pyridine rings is 1. The second-order valence-corrected chi connectivity index (χ2v) is 12.9. The number of aryl methyl sites for hydroxylation is 1. The fourth-order valence-electron chi connectivity index (χ4n) is 9.08. The Hall–Kier alpha value is -4.32. The molecule has 0 amide bonds. The molecule has 4 aliphatic heterocycles. The van der Waals surface area contributed by atoms with Crippen molar-refractivity contribution >= 4 is 34.9 Å². The molecule has 0 N–H and O–H groups in total. The van der Waals surface area contributed by atoms with Gasteiger partial charge in [-0.25, -0.2) is 4.98 Å². The van der Waals surface area contributed by atoms with Crippen molar-refractivity contribution in [3.8, 4) is 0 Å². The average Bonchev–Trinajstić information content (AvgIpc) is 3.73. The van der Waals surface area contributed by atoms with E-state index in [0.717, 1.165) is 25.1 Å². The summed E-state index contributed by atoms with van der Waals surface area (Å²) in [5.74, 6) is 1.51. The minimum Gasteiger partial charge on any atom is -0.316 e. The number of hydrogen-bond acceptors (Lipinski definition) is 6. The zero-order valence-electron chi connectivity index (χ0n) is 26.3. The van der Waals surface area contributed by atoms with Crippen LogP contribution in [0.1, 0.15) is 75.0 Å². The van der Waals surface area contributed by atoms with E-state index in [1.165, 1.54) is 52.3 Å². The van der Waals surface area contributed by atoms with Crippen molar-refractivity contribution in [2.75, 3.05) is 21.7 Å². The zero-order chi connectivity index (χ0) is 30.0. The number of rotatable bonds is 7. The summed E-state index contributed by atoms with van der Waals surface area (Å²) < 4.78 is 0. The van der Waals surface area contributed by atoms with Crippen LogP contribution < -0.4 is 14.7 Å². The summed E-state index contributed by atoms with van der Waals surface area (Å²) in [4.78, 5) is 12.6. The van der Waals surface area contributed by atoms with Crippen molar-refractivity contribution in [1.29, 1.82) is 0 Å². The summed E-state index contributed by atoms with van der Waals surface area (Å²) in [5, 5.41) is 7.17. The highest BCUT2D eigenvalue weighted by Gasteiger charge is 2.62. The van der Waals surface area contributed by atoms with Crippen LogP contribution in [0.2, 0.25) is 0 Å². The van der Waals surface area contributed by atoms with Crippen molar-refractivity contribution in [1.82, 2.24) is 9.99 Å². The quantitative estimate of drug-likeness (QED) is 0.218. The lowest BCUT2D eigenvalue weighted by Crippen LogP contribution is -2.59. The number of nitrogens with zero attached hydrogens (tertiary/aromatic N) is 6. The van der Waals surface area contributed by atoms with Crippen LogP contribution in [0.15, 0.2) is 96.2 Å². The number of anilines is 5. The summed E-state index contributed by atoms with van der Waals surface area (Å²) in [6.07, 6.45) is 9.88. The Morgan fingerprint density at radius 3 is 2.34 bits per heavy atom. The molecule has 0 saturated carbocycles. The van der Waals surface area contributed by atoms with Gasteiger partial charge in [-0.3, -0.25) is 5.01 Å². The number of fused-ring (bicyclic) bond motifs is 8. The van der Waals surface area contributed by atoms with E-state index in [9.17, 15) is 0 Å². The van der Waals surface area contributed by atoms with E-state index < -0.39 is 0 Å². The molecule has 6 heteroatoms. The zero-order valence-corrected chi connectivity index (χ0v) is 26.3. The molecule has 0 aliphatic carbocycles. The summed E-state index contributed by atoms with van der Waals surface area (Å²) in [6.45, 7) is 7.08. The topological polar surface area (TPSA) is 38.2 Å². The van der Waals surface area contributed by atoms with Crippen LogP contribution in [0.3, 0.4) is 0 Å². The van der Waals surface area contributed by atoms with Gasteiger partial charge in [-0.05, 0) is 78.8 Å². The van der Waals surface area contributed by atoms with Gasteiger partial charge in [-0.15, -0.1) is 0 Å². The summed E-state index contributed by atoms with van der Waals surface area (Å²) >= 11 is 0. The first kappa shape index (κ1) is 27.2. The van der Waals surface area contributed by atoms with E-state index in [4.69, 9.17) is 10.1 Å². The van der Waals surface area contributed by atoms with Crippen LogP contribution >= 0.6 is 0 Å².